The van der Waals surface area contributed by atoms with E-state index < -0.39 is 48.7 Å². The van der Waals surface area contributed by atoms with Gasteiger partial charge in [0.2, 0.25) is 5.91 Å². The number of aliphatic hydroxyl groups is 4. The van der Waals surface area contributed by atoms with Crippen molar-refractivity contribution in [2.75, 3.05) is 19.0 Å². The van der Waals surface area contributed by atoms with Crippen molar-refractivity contribution in [2.24, 2.45) is 5.92 Å². The Labute approximate surface area is 239 Å². The molecule has 0 saturated carbocycles. The minimum absolute atomic E-state index is 0.00872. The van der Waals surface area contributed by atoms with Gasteiger partial charge in [-0.25, -0.2) is 4.68 Å². The normalized spacial score (nSPS) is 30.3. The molecule has 2 aliphatic heterocycles. The highest BCUT2D eigenvalue weighted by atomic mass is 19.1. The van der Waals surface area contributed by atoms with Gasteiger partial charge in [0.05, 0.1) is 37.6 Å². The first-order chi connectivity index (χ1) is 19.7. The number of carbonyl (C=O) groups excluding carboxylic acids is 1. The largest absolute Gasteiger partial charge is 0.399 e. The molecule has 2 fully saturated rings. The number of carbonyl (C=O) groups is 1. The van der Waals surface area contributed by atoms with Crippen molar-refractivity contribution in [2.45, 2.75) is 101 Å². The van der Waals surface area contributed by atoms with Crippen LogP contribution >= 0.6 is 0 Å². The Bertz CT molecular complexity index is 1120. The van der Waals surface area contributed by atoms with Crippen molar-refractivity contribution in [1.29, 1.82) is 0 Å². The molecule has 2 aliphatic rings. The molecule has 8 N–H and O–H groups in total. The maximum absolute atomic E-state index is 13.2. The van der Waals surface area contributed by atoms with Gasteiger partial charge >= 0.3 is 0 Å². The molecule has 2 saturated heterocycles. The van der Waals surface area contributed by atoms with Gasteiger partial charge in [0.15, 0.2) is 0 Å². The lowest BCUT2D eigenvalue weighted by molar-refractivity contribution is -0.236. The van der Waals surface area contributed by atoms with E-state index in [0.29, 0.717) is 36.7 Å². The first kappa shape index (κ1) is 31.3. The molecule has 1 aromatic heterocycles. The first-order valence-electron chi connectivity index (χ1n) is 14.4. The van der Waals surface area contributed by atoms with E-state index in [9.17, 15) is 29.6 Å². The lowest BCUT2D eigenvalue weighted by Gasteiger charge is -2.44. The van der Waals surface area contributed by atoms with Gasteiger partial charge in [-0.3, -0.25) is 9.18 Å². The second-order valence-corrected chi connectivity index (χ2v) is 11.3. The summed E-state index contributed by atoms with van der Waals surface area (Å²) in [5.41, 5.74) is 7.74. The van der Waals surface area contributed by atoms with Gasteiger partial charge in [-0.15, -0.1) is 5.10 Å². The highest BCUT2D eigenvalue weighted by molar-refractivity contribution is 5.82. The first-order valence-corrected chi connectivity index (χ1v) is 14.4. The fourth-order valence-corrected chi connectivity index (χ4v) is 5.72. The third-order valence-corrected chi connectivity index (χ3v) is 8.14. The lowest BCUT2D eigenvalue weighted by Crippen LogP contribution is -2.66. The number of hydrogen-bond donors (Lipinski definition) is 7. The second-order valence-electron chi connectivity index (χ2n) is 11.3. The number of benzene rings is 1. The molecule has 0 radical (unpaired) electrons. The zero-order valence-electron chi connectivity index (χ0n) is 23.3. The highest BCUT2D eigenvalue weighted by Gasteiger charge is 2.48. The van der Waals surface area contributed by atoms with E-state index in [2.05, 4.69) is 20.9 Å². The van der Waals surface area contributed by atoms with Crippen molar-refractivity contribution in [3.05, 3.63) is 30.5 Å². The summed E-state index contributed by atoms with van der Waals surface area (Å²) in [5.74, 6) is 0.0631. The van der Waals surface area contributed by atoms with Crippen molar-refractivity contribution in [3.8, 4) is 11.3 Å². The monoisotopic (exact) mass is 578 g/mol. The van der Waals surface area contributed by atoms with E-state index in [0.717, 1.165) is 31.2 Å². The van der Waals surface area contributed by atoms with Gasteiger partial charge in [-0.1, -0.05) is 30.2 Å². The second kappa shape index (κ2) is 14.5. The molecule has 0 spiro atoms. The average molecular weight is 579 g/mol. The van der Waals surface area contributed by atoms with Crippen LogP contribution in [0.3, 0.4) is 0 Å². The minimum Gasteiger partial charge on any atom is -0.399 e. The minimum atomic E-state index is -1.59. The van der Waals surface area contributed by atoms with Gasteiger partial charge in [0.1, 0.15) is 36.2 Å². The number of nitrogens with zero attached hydrogens (tertiary/aromatic N) is 3. The molecule has 1 amide bonds. The number of nitrogen functional groups attached to an aromatic ring is 1. The fraction of sp³-hybridized carbons (Fsp3) is 0.679. The van der Waals surface area contributed by atoms with Crippen molar-refractivity contribution in [3.63, 3.8) is 0 Å². The topological polar surface area (TPSA) is 188 Å². The Kier molecular flexibility index (Phi) is 11.0. The van der Waals surface area contributed by atoms with Crippen LogP contribution in [-0.4, -0.2) is 103 Å². The van der Waals surface area contributed by atoms with E-state index in [1.54, 1.807) is 24.4 Å². The third kappa shape index (κ3) is 7.99. The SMILES string of the molecule is C[C@@H](O)[C@@H](NC(=O)[C@@H]1CC[C@H](CCCCF)CCN1)[C@H]1OC(Cn2cc(-c3cccc(N)c3)nn2)[C@H](O)C(O)C1O. The molecule has 12 nitrogen and oxygen atoms in total. The Morgan fingerprint density at radius 2 is 2.02 bits per heavy atom. The van der Waals surface area contributed by atoms with Crippen LogP contribution in [0.2, 0.25) is 0 Å². The maximum atomic E-state index is 13.2. The summed E-state index contributed by atoms with van der Waals surface area (Å²) >= 11 is 0. The molecular weight excluding hydrogens is 535 g/mol. The Morgan fingerprint density at radius 1 is 1.22 bits per heavy atom. The molecule has 1 aromatic carbocycles. The summed E-state index contributed by atoms with van der Waals surface area (Å²) in [5, 5.41) is 57.1. The van der Waals surface area contributed by atoms with Gasteiger partial charge < -0.3 is 41.5 Å². The number of aromatic nitrogens is 3. The number of alkyl halides is 1. The zero-order valence-corrected chi connectivity index (χ0v) is 23.3. The number of aliphatic hydroxyl groups excluding tert-OH is 4. The molecule has 13 heteroatoms. The van der Waals surface area contributed by atoms with E-state index in [1.165, 1.54) is 11.6 Å². The van der Waals surface area contributed by atoms with Crippen LogP contribution in [0.25, 0.3) is 11.3 Å². The van der Waals surface area contributed by atoms with Crippen LogP contribution in [0, 0.1) is 5.92 Å². The van der Waals surface area contributed by atoms with E-state index in [1.807, 2.05) is 6.07 Å². The number of rotatable bonds is 11. The van der Waals surface area contributed by atoms with Crippen LogP contribution in [0.5, 0.6) is 0 Å². The van der Waals surface area contributed by atoms with E-state index in [4.69, 9.17) is 10.5 Å². The summed E-state index contributed by atoms with van der Waals surface area (Å²) in [6.45, 7) is 1.78. The molecule has 0 bridgehead atoms. The summed E-state index contributed by atoms with van der Waals surface area (Å²) < 4.78 is 19.9. The number of ether oxygens (including phenoxy) is 1. The van der Waals surface area contributed by atoms with Crippen molar-refractivity contribution in [1.82, 2.24) is 25.6 Å². The molecule has 228 valence electrons. The molecular formula is C28H43FN6O6. The number of amides is 1. The molecule has 2 aromatic rings. The van der Waals surface area contributed by atoms with Crippen molar-refractivity contribution >= 4 is 11.6 Å². The summed E-state index contributed by atoms with van der Waals surface area (Å²) in [6, 6.07) is 5.56. The third-order valence-electron chi connectivity index (χ3n) is 8.14. The molecule has 3 unspecified atom stereocenters. The Balaban J connectivity index is 1.41. The van der Waals surface area contributed by atoms with Crippen LogP contribution in [0.1, 0.15) is 45.4 Å². The summed E-state index contributed by atoms with van der Waals surface area (Å²) in [6.07, 6.45) is -1.73. The number of hydrogen-bond acceptors (Lipinski definition) is 10. The van der Waals surface area contributed by atoms with Gasteiger partial charge in [0, 0.05) is 11.3 Å². The van der Waals surface area contributed by atoms with Gasteiger partial charge in [-0.2, -0.15) is 0 Å². The van der Waals surface area contributed by atoms with Gasteiger partial charge in [-0.05, 0) is 57.2 Å². The number of halogens is 1. The summed E-state index contributed by atoms with van der Waals surface area (Å²) in [7, 11) is 0. The van der Waals surface area contributed by atoms with Gasteiger partial charge in [0.25, 0.3) is 0 Å². The number of anilines is 1. The molecule has 4 rings (SSSR count). The average Bonchev–Trinajstić information content (AvgIpc) is 3.29. The maximum Gasteiger partial charge on any atom is 0.237 e. The smallest absolute Gasteiger partial charge is 0.237 e. The molecule has 41 heavy (non-hydrogen) atoms. The molecule has 9 atom stereocenters. The predicted octanol–water partition coefficient (Wildman–Crippen LogP) is 0.141. The number of nitrogens with one attached hydrogen (secondary N) is 2. The van der Waals surface area contributed by atoms with Crippen molar-refractivity contribution < 1.29 is 34.3 Å². The van der Waals surface area contributed by atoms with Crippen LogP contribution in [0.4, 0.5) is 10.1 Å². The highest BCUT2D eigenvalue weighted by Crippen LogP contribution is 2.27. The standard InChI is InChI=1S/C28H43FN6O6/c1-16(36)23(32-28(40)20-9-8-17(10-12-31-20)5-2-3-11-29)27-26(39)25(38)24(37)22(41-27)15-35-14-21(33-34-35)18-6-4-7-19(30)13-18/h4,6-7,13-14,16-17,20,22-27,31,36-39H,2-3,5,8-12,15,30H2,1H3,(H,32,40)/t16-,17+,20+,22?,23-,24+,25?,26?,27-/m1/s1. The van der Waals surface area contributed by atoms with E-state index in [-0.39, 0.29) is 19.1 Å². The molecule has 0 aliphatic carbocycles. The molecule has 3 heterocycles. The van der Waals surface area contributed by atoms with Crippen LogP contribution < -0.4 is 16.4 Å². The Hall–Kier alpha value is -2.68. The summed E-state index contributed by atoms with van der Waals surface area (Å²) in [4.78, 5) is 13.2. The lowest BCUT2D eigenvalue weighted by atomic mass is 9.89. The van der Waals surface area contributed by atoms with E-state index >= 15 is 0 Å². The predicted molar refractivity (Wildman–Crippen MR) is 149 cm³/mol. The number of unbranched alkanes of at least 4 members (excludes halogenated alkanes) is 1. The van der Waals surface area contributed by atoms with Crippen LogP contribution in [0.15, 0.2) is 30.5 Å². The number of nitrogens with two attached hydrogens (primary N) is 1. The van der Waals surface area contributed by atoms with Crippen LogP contribution in [-0.2, 0) is 16.1 Å². The quantitative estimate of drug-likeness (QED) is 0.143. The zero-order chi connectivity index (χ0) is 29.5. The fourth-order valence-electron chi connectivity index (χ4n) is 5.72. The Morgan fingerprint density at radius 3 is 2.76 bits per heavy atom.